The standard InChI is InChI=1S/C13H16N2O2/c16-12-6-8-15(9-7-12)13(17)14-10-11-4-2-1-3-5-11/h1-5H,6-10H2,(H,14,17). The fourth-order valence-corrected chi connectivity index (χ4v) is 1.84. The largest absolute Gasteiger partial charge is 0.334 e. The van der Waals surface area contributed by atoms with Crippen molar-refractivity contribution in [2.24, 2.45) is 0 Å². The molecule has 2 amide bonds. The van der Waals surface area contributed by atoms with Crippen LogP contribution in [-0.2, 0) is 11.3 Å². The minimum Gasteiger partial charge on any atom is -0.334 e. The lowest BCUT2D eigenvalue weighted by atomic mass is 10.1. The topological polar surface area (TPSA) is 49.4 Å². The summed E-state index contributed by atoms with van der Waals surface area (Å²) in [6, 6.07) is 9.70. The van der Waals surface area contributed by atoms with E-state index in [2.05, 4.69) is 5.32 Å². The van der Waals surface area contributed by atoms with Gasteiger partial charge in [0.25, 0.3) is 0 Å². The Balaban J connectivity index is 1.80. The number of carbonyl (C=O) groups is 2. The molecular weight excluding hydrogens is 216 g/mol. The fourth-order valence-electron chi connectivity index (χ4n) is 1.84. The Labute approximate surface area is 101 Å². The van der Waals surface area contributed by atoms with Gasteiger partial charge in [-0.1, -0.05) is 30.3 Å². The van der Waals surface area contributed by atoms with Crippen molar-refractivity contribution >= 4 is 11.8 Å². The SMILES string of the molecule is O=C1CCN(C(=O)NCc2ccccc2)CC1. The van der Waals surface area contributed by atoms with Crippen LogP contribution in [0.25, 0.3) is 0 Å². The number of benzene rings is 1. The molecule has 0 atom stereocenters. The molecule has 1 saturated heterocycles. The van der Waals surface area contributed by atoms with E-state index in [0.717, 1.165) is 5.56 Å². The van der Waals surface area contributed by atoms with Crippen molar-refractivity contribution in [2.45, 2.75) is 19.4 Å². The summed E-state index contributed by atoms with van der Waals surface area (Å²) in [6.45, 7) is 1.61. The first-order valence-corrected chi connectivity index (χ1v) is 5.84. The molecule has 0 bridgehead atoms. The van der Waals surface area contributed by atoms with E-state index in [1.807, 2.05) is 30.3 Å². The third kappa shape index (κ3) is 3.31. The predicted molar refractivity (Wildman–Crippen MR) is 64.5 cm³/mol. The number of hydrogen-bond donors (Lipinski definition) is 1. The number of Topliss-reactive ketones (excluding diaryl/α,β-unsaturated/α-hetero) is 1. The number of nitrogens with zero attached hydrogens (tertiary/aromatic N) is 1. The molecule has 4 heteroatoms. The molecule has 17 heavy (non-hydrogen) atoms. The van der Waals surface area contributed by atoms with Crippen LogP contribution in [-0.4, -0.2) is 29.8 Å². The van der Waals surface area contributed by atoms with Crippen LogP contribution in [0.3, 0.4) is 0 Å². The Bertz CT molecular complexity index is 393. The van der Waals surface area contributed by atoms with E-state index in [4.69, 9.17) is 0 Å². The Hall–Kier alpha value is -1.84. The maximum Gasteiger partial charge on any atom is 0.317 e. The lowest BCUT2D eigenvalue weighted by Crippen LogP contribution is -2.44. The fraction of sp³-hybridized carbons (Fsp3) is 0.385. The van der Waals surface area contributed by atoms with Crippen LogP contribution in [0.2, 0.25) is 0 Å². The summed E-state index contributed by atoms with van der Waals surface area (Å²) < 4.78 is 0. The Kier molecular flexibility index (Phi) is 3.75. The highest BCUT2D eigenvalue weighted by Crippen LogP contribution is 2.06. The van der Waals surface area contributed by atoms with Gasteiger partial charge in [-0.15, -0.1) is 0 Å². The molecular formula is C13H16N2O2. The van der Waals surface area contributed by atoms with Gasteiger partial charge in [-0.05, 0) is 5.56 Å². The van der Waals surface area contributed by atoms with Gasteiger partial charge in [0.1, 0.15) is 5.78 Å². The van der Waals surface area contributed by atoms with Crippen molar-refractivity contribution in [2.75, 3.05) is 13.1 Å². The molecule has 0 aliphatic carbocycles. The highest BCUT2D eigenvalue weighted by Gasteiger charge is 2.20. The first-order valence-electron chi connectivity index (χ1n) is 5.84. The monoisotopic (exact) mass is 232 g/mol. The van der Waals surface area contributed by atoms with Crippen LogP contribution in [0, 0.1) is 0 Å². The maximum atomic E-state index is 11.8. The van der Waals surface area contributed by atoms with Gasteiger partial charge in [0.15, 0.2) is 0 Å². The third-order valence-electron chi connectivity index (χ3n) is 2.89. The second-order valence-corrected chi connectivity index (χ2v) is 4.17. The molecule has 0 saturated carbocycles. The predicted octanol–water partition coefficient (Wildman–Crippen LogP) is 1.56. The van der Waals surface area contributed by atoms with Crippen LogP contribution in [0.15, 0.2) is 30.3 Å². The summed E-state index contributed by atoms with van der Waals surface area (Å²) in [4.78, 5) is 24.5. The molecule has 1 fully saturated rings. The van der Waals surface area contributed by atoms with Crippen molar-refractivity contribution < 1.29 is 9.59 Å². The summed E-state index contributed by atoms with van der Waals surface area (Å²) in [6.07, 6.45) is 0.970. The average molecular weight is 232 g/mol. The lowest BCUT2D eigenvalue weighted by molar-refractivity contribution is -0.120. The second kappa shape index (κ2) is 5.48. The normalized spacial score (nSPS) is 15.8. The number of amides is 2. The summed E-state index contributed by atoms with van der Waals surface area (Å²) in [5, 5.41) is 2.86. The molecule has 0 unspecified atom stereocenters. The van der Waals surface area contributed by atoms with Crippen LogP contribution in [0.4, 0.5) is 4.79 Å². The van der Waals surface area contributed by atoms with E-state index in [0.29, 0.717) is 32.5 Å². The number of nitrogens with one attached hydrogen (secondary N) is 1. The molecule has 2 rings (SSSR count). The van der Waals surface area contributed by atoms with E-state index in [1.54, 1.807) is 4.90 Å². The molecule has 1 aliphatic rings. The summed E-state index contributed by atoms with van der Waals surface area (Å²) in [7, 11) is 0. The van der Waals surface area contributed by atoms with E-state index >= 15 is 0 Å². The second-order valence-electron chi connectivity index (χ2n) is 4.17. The van der Waals surface area contributed by atoms with Crippen molar-refractivity contribution in [3.05, 3.63) is 35.9 Å². The van der Waals surface area contributed by atoms with Gasteiger partial charge < -0.3 is 10.2 Å². The molecule has 1 heterocycles. The third-order valence-corrected chi connectivity index (χ3v) is 2.89. The maximum absolute atomic E-state index is 11.8. The quantitative estimate of drug-likeness (QED) is 0.841. The minimum atomic E-state index is -0.0821. The van der Waals surface area contributed by atoms with E-state index in [1.165, 1.54) is 0 Å². The minimum absolute atomic E-state index is 0.0821. The molecule has 90 valence electrons. The van der Waals surface area contributed by atoms with Gasteiger partial charge >= 0.3 is 6.03 Å². The lowest BCUT2D eigenvalue weighted by Gasteiger charge is -2.26. The Morgan fingerprint density at radius 1 is 1.18 bits per heavy atom. The van der Waals surface area contributed by atoms with Crippen LogP contribution in [0.5, 0.6) is 0 Å². The highest BCUT2D eigenvalue weighted by molar-refractivity contribution is 5.82. The number of likely N-dealkylation sites (tertiary alicyclic amines) is 1. The number of rotatable bonds is 2. The van der Waals surface area contributed by atoms with Crippen molar-refractivity contribution in [3.8, 4) is 0 Å². The zero-order valence-corrected chi connectivity index (χ0v) is 9.69. The van der Waals surface area contributed by atoms with E-state index in [9.17, 15) is 9.59 Å². The van der Waals surface area contributed by atoms with E-state index < -0.39 is 0 Å². The van der Waals surface area contributed by atoms with Crippen LogP contribution in [0.1, 0.15) is 18.4 Å². The number of ketones is 1. The van der Waals surface area contributed by atoms with Gasteiger partial charge in [-0.3, -0.25) is 4.79 Å². The van der Waals surface area contributed by atoms with E-state index in [-0.39, 0.29) is 11.8 Å². The van der Waals surface area contributed by atoms with Gasteiger partial charge in [0.05, 0.1) is 0 Å². The number of urea groups is 1. The number of hydrogen-bond acceptors (Lipinski definition) is 2. The molecule has 1 N–H and O–H groups in total. The zero-order valence-electron chi connectivity index (χ0n) is 9.69. The summed E-state index contributed by atoms with van der Waals surface area (Å²) in [5.74, 6) is 0.247. The van der Waals surface area contributed by atoms with Gasteiger partial charge in [0, 0.05) is 32.5 Å². The smallest absolute Gasteiger partial charge is 0.317 e. The van der Waals surface area contributed by atoms with Gasteiger partial charge in [0.2, 0.25) is 0 Å². The highest BCUT2D eigenvalue weighted by atomic mass is 16.2. The molecule has 0 radical (unpaired) electrons. The van der Waals surface area contributed by atoms with Crippen LogP contribution < -0.4 is 5.32 Å². The molecule has 1 aromatic carbocycles. The Morgan fingerprint density at radius 3 is 2.47 bits per heavy atom. The molecule has 1 aliphatic heterocycles. The first-order chi connectivity index (χ1) is 8.25. The molecule has 0 spiro atoms. The van der Waals surface area contributed by atoms with Gasteiger partial charge in [-0.25, -0.2) is 4.79 Å². The van der Waals surface area contributed by atoms with Gasteiger partial charge in [-0.2, -0.15) is 0 Å². The van der Waals surface area contributed by atoms with Crippen molar-refractivity contribution in [1.29, 1.82) is 0 Å². The molecule has 1 aromatic rings. The number of piperidine rings is 1. The zero-order chi connectivity index (χ0) is 12.1. The average Bonchev–Trinajstić information content (AvgIpc) is 2.38. The molecule has 4 nitrogen and oxygen atoms in total. The summed E-state index contributed by atoms with van der Waals surface area (Å²) in [5.41, 5.74) is 1.08. The van der Waals surface area contributed by atoms with Crippen molar-refractivity contribution in [1.82, 2.24) is 10.2 Å². The number of carbonyl (C=O) groups excluding carboxylic acids is 2. The van der Waals surface area contributed by atoms with Crippen LogP contribution >= 0.6 is 0 Å². The molecule has 0 aromatic heterocycles. The summed E-state index contributed by atoms with van der Waals surface area (Å²) >= 11 is 0. The Morgan fingerprint density at radius 2 is 1.82 bits per heavy atom. The first kappa shape index (κ1) is 11.6. The van der Waals surface area contributed by atoms with Crippen molar-refractivity contribution in [3.63, 3.8) is 0 Å².